The standard InChI is InChI=1S/C31H37F3N2O5/c1-3-40-28(38)23-6-4-5-22(15-23)21-10-13-35(14-11-21)26-9-12-30(17-26,20(2)37)29(39)36-18-24-16-25(31(32,33)34)7-8-27(24)41-19-36/h4-8,15-16,20-21,26,37H,3,9-14,17-19H2,1-2H3/t20-,26-,30+/m1/s1. The van der Waals surface area contributed by atoms with Gasteiger partial charge in [-0.3, -0.25) is 4.79 Å². The Kier molecular flexibility index (Phi) is 8.34. The SMILES string of the molecule is CCOC(=O)c1cccc(C2CCN([C@@H]3CC[C@@](C(=O)N4COc5ccc(C(F)(F)F)cc5C4)([C@@H](C)O)C3)CC2)c1. The molecule has 0 aromatic heterocycles. The summed E-state index contributed by atoms with van der Waals surface area (Å²) in [6.07, 6.45) is -1.83. The average Bonchev–Trinajstić information content (AvgIpc) is 3.43. The number of benzene rings is 2. The van der Waals surface area contributed by atoms with Crippen molar-refractivity contribution in [2.45, 2.75) is 76.7 Å². The summed E-state index contributed by atoms with van der Waals surface area (Å²) in [4.78, 5) is 29.9. The topological polar surface area (TPSA) is 79.3 Å². The van der Waals surface area contributed by atoms with Gasteiger partial charge in [-0.25, -0.2) is 4.79 Å². The van der Waals surface area contributed by atoms with Crippen LogP contribution in [0.3, 0.4) is 0 Å². The Labute approximate surface area is 238 Å². The first kappa shape index (κ1) is 29.4. The summed E-state index contributed by atoms with van der Waals surface area (Å²) in [6, 6.07) is 11.1. The Morgan fingerprint density at radius 1 is 1.15 bits per heavy atom. The Balaban J connectivity index is 1.23. The molecule has 0 unspecified atom stereocenters. The fourth-order valence-corrected chi connectivity index (χ4v) is 6.71. The van der Waals surface area contributed by atoms with Crippen molar-refractivity contribution in [3.63, 3.8) is 0 Å². The van der Waals surface area contributed by atoms with Crippen molar-refractivity contribution in [1.29, 1.82) is 0 Å². The number of carbonyl (C=O) groups is 2. The van der Waals surface area contributed by atoms with Gasteiger partial charge in [-0.05, 0) is 101 Å². The van der Waals surface area contributed by atoms with E-state index in [9.17, 15) is 27.9 Å². The Bertz CT molecular complexity index is 1270. The molecule has 0 spiro atoms. The number of hydrogen-bond acceptors (Lipinski definition) is 6. The van der Waals surface area contributed by atoms with Crippen molar-refractivity contribution in [2.24, 2.45) is 5.41 Å². The third-order valence-corrected chi connectivity index (χ3v) is 9.08. The van der Waals surface area contributed by atoms with E-state index in [0.717, 1.165) is 50.0 Å². The van der Waals surface area contributed by atoms with Crippen LogP contribution in [0.4, 0.5) is 13.2 Å². The van der Waals surface area contributed by atoms with Crippen LogP contribution in [0.1, 0.15) is 78.9 Å². The van der Waals surface area contributed by atoms with E-state index < -0.39 is 23.3 Å². The second kappa shape index (κ2) is 11.6. The number of ether oxygens (including phenoxy) is 2. The van der Waals surface area contributed by atoms with Crippen molar-refractivity contribution < 1.29 is 37.3 Å². The highest BCUT2D eigenvalue weighted by Crippen LogP contribution is 2.47. The van der Waals surface area contributed by atoms with E-state index in [1.54, 1.807) is 19.9 Å². The molecular formula is C31H37F3N2O5. The maximum absolute atomic E-state index is 13.9. The summed E-state index contributed by atoms with van der Waals surface area (Å²) < 4.78 is 50.6. The van der Waals surface area contributed by atoms with Gasteiger partial charge in [0.2, 0.25) is 5.91 Å². The second-order valence-electron chi connectivity index (χ2n) is 11.5. The molecule has 1 aliphatic carbocycles. The molecule has 1 saturated carbocycles. The van der Waals surface area contributed by atoms with Crippen LogP contribution in [-0.2, 0) is 22.3 Å². The van der Waals surface area contributed by atoms with Gasteiger partial charge in [-0.15, -0.1) is 0 Å². The zero-order valence-corrected chi connectivity index (χ0v) is 23.5. The smallest absolute Gasteiger partial charge is 0.416 e. The first-order valence-electron chi connectivity index (χ1n) is 14.3. The normalized spacial score (nSPS) is 24.4. The molecule has 10 heteroatoms. The lowest BCUT2D eigenvalue weighted by atomic mass is 9.79. The molecule has 2 heterocycles. The maximum atomic E-state index is 13.9. The minimum atomic E-state index is -4.49. The second-order valence-corrected chi connectivity index (χ2v) is 11.5. The number of esters is 1. The van der Waals surface area contributed by atoms with E-state index >= 15 is 0 Å². The fourth-order valence-electron chi connectivity index (χ4n) is 6.71. The molecule has 0 radical (unpaired) electrons. The summed E-state index contributed by atoms with van der Waals surface area (Å²) >= 11 is 0. The zero-order valence-electron chi connectivity index (χ0n) is 23.5. The number of hydrogen-bond donors (Lipinski definition) is 1. The van der Waals surface area contributed by atoms with Crippen LogP contribution in [-0.4, -0.2) is 65.4 Å². The number of aliphatic hydroxyl groups excluding tert-OH is 1. The number of alkyl halides is 3. The number of fused-ring (bicyclic) bond motifs is 1. The molecule has 1 saturated heterocycles. The number of amides is 1. The Morgan fingerprint density at radius 2 is 1.90 bits per heavy atom. The van der Waals surface area contributed by atoms with E-state index in [4.69, 9.17) is 9.47 Å². The third kappa shape index (κ3) is 5.95. The molecular weight excluding hydrogens is 537 g/mol. The lowest BCUT2D eigenvalue weighted by Crippen LogP contribution is -2.51. The number of carbonyl (C=O) groups excluding carboxylic acids is 2. The molecule has 222 valence electrons. The molecule has 2 aromatic carbocycles. The zero-order chi connectivity index (χ0) is 29.4. The first-order chi connectivity index (χ1) is 19.5. The highest BCUT2D eigenvalue weighted by molar-refractivity contribution is 5.89. The number of piperidine rings is 1. The molecule has 3 atom stereocenters. The predicted molar refractivity (Wildman–Crippen MR) is 145 cm³/mol. The molecule has 1 amide bonds. The van der Waals surface area contributed by atoms with Crippen molar-refractivity contribution in [3.8, 4) is 5.75 Å². The summed E-state index contributed by atoms with van der Waals surface area (Å²) in [5, 5.41) is 10.9. The molecule has 2 aromatic rings. The third-order valence-electron chi connectivity index (χ3n) is 9.08. The maximum Gasteiger partial charge on any atom is 0.416 e. The minimum absolute atomic E-state index is 0.00742. The van der Waals surface area contributed by atoms with Crippen molar-refractivity contribution in [2.75, 3.05) is 26.4 Å². The number of aliphatic hydroxyl groups is 1. The quantitative estimate of drug-likeness (QED) is 0.468. The van der Waals surface area contributed by atoms with Gasteiger partial charge in [0.25, 0.3) is 0 Å². The van der Waals surface area contributed by atoms with E-state index in [2.05, 4.69) is 4.90 Å². The number of rotatable bonds is 6. The van der Waals surface area contributed by atoms with Gasteiger partial charge in [-0.2, -0.15) is 13.2 Å². The van der Waals surface area contributed by atoms with E-state index in [-0.39, 0.29) is 31.2 Å². The van der Waals surface area contributed by atoms with Crippen molar-refractivity contribution >= 4 is 11.9 Å². The van der Waals surface area contributed by atoms with Crippen LogP contribution in [0, 0.1) is 5.41 Å². The molecule has 7 nitrogen and oxygen atoms in total. The van der Waals surface area contributed by atoms with Gasteiger partial charge in [0.1, 0.15) is 5.75 Å². The summed E-state index contributed by atoms with van der Waals surface area (Å²) in [5.74, 6) is 0.0643. The number of likely N-dealkylation sites (tertiary alicyclic amines) is 1. The van der Waals surface area contributed by atoms with Crippen LogP contribution in [0.15, 0.2) is 42.5 Å². The minimum Gasteiger partial charge on any atom is -0.473 e. The van der Waals surface area contributed by atoms with E-state index in [0.29, 0.717) is 42.2 Å². The monoisotopic (exact) mass is 574 g/mol. The fraction of sp³-hybridized carbons (Fsp3) is 0.548. The molecule has 2 fully saturated rings. The predicted octanol–water partition coefficient (Wildman–Crippen LogP) is 5.36. The van der Waals surface area contributed by atoms with E-state index in [1.807, 2.05) is 18.2 Å². The number of halogens is 3. The highest BCUT2D eigenvalue weighted by Gasteiger charge is 2.52. The molecule has 0 bridgehead atoms. The molecule has 5 rings (SSSR count). The van der Waals surface area contributed by atoms with Gasteiger partial charge in [0.05, 0.1) is 35.8 Å². The Hall–Kier alpha value is -3.11. The van der Waals surface area contributed by atoms with Crippen molar-refractivity contribution in [3.05, 3.63) is 64.7 Å². The summed E-state index contributed by atoms with van der Waals surface area (Å²) in [6.45, 7) is 5.36. The highest BCUT2D eigenvalue weighted by atomic mass is 19.4. The largest absolute Gasteiger partial charge is 0.473 e. The lowest BCUT2D eigenvalue weighted by molar-refractivity contribution is -0.153. The van der Waals surface area contributed by atoms with E-state index in [1.165, 1.54) is 11.0 Å². The average molecular weight is 575 g/mol. The lowest BCUT2D eigenvalue weighted by Gasteiger charge is -2.40. The summed E-state index contributed by atoms with van der Waals surface area (Å²) in [7, 11) is 0. The molecule has 41 heavy (non-hydrogen) atoms. The molecule has 2 aliphatic heterocycles. The molecule has 1 N–H and O–H groups in total. The van der Waals surface area contributed by atoms with Gasteiger partial charge in [0, 0.05) is 11.6 Å². The van der Waals surface area contributed by atoms with Crippen LogP contribution in [0.25, 0.3) is 0 Å². The van der Waals surface area contributed by atoms with Crippen LogP contribution in [0.2, 0.25) is 0 Å². The summed E-state index contributed by atoms with van der Waals surface area (Å²) in [5.41, 5.74) is 0.189. The van der Waals surface area contributed by atoms with Crippen LogP contribution >= 0.6 is 0 Å². The number of nitrogens with zero attached hydrogens (tertiary/aromatic N) is 2. The van der Waals surface area contributed by atoms with Crippen LogP contribution in [0.5, 0.6) is 5.75 Å². The van der Waals surface area contributed by atoms with Gasteiger partial charge in [0.15, 0.2) is 6.73 Å². The molecule has 3 aliphatic rings. The van der Waals surface area contributed by atoms with Crippen LogP contribution < -0.4 is 4.74 Å². The van der Waals surface area contributed by atoms with Gasteiger partial charge < -0.3 is 24.4 Å². The van der Waals surface area contributed by atoms with Gasteiger partial charge >= 0.3 is 12.1 Å². The Morgan fingerprint density at radius 3 is 2.59 bits per heavy atom. The van der Waals surface area contributed by atoms with Gasteiger partial charge in [-0.1, -0.05) is 12.1 Å². The first-order valence-corrected chi connectivity index (χ1v) is 14.3. The van der Waals surface area contributed by atoms with Crippen molar-refractivity contribution in [1.82, 2.24) is 9.80 Å².